The molecule has 102 valence electrons. The van der Waals surface area contributed by atoms with Crippen LogP contribution in [0, 0.1) is 5.41 Å². The van der Waals surface area contributed by atoms with E-state index in [-0.39, 0.29) is 24.0 Å². The average molecular weight is 244 g/mol. The van der Waals surface area contributed by atoms with Crippen molar-refractivity contribution in [1.29, 1.82) is 0 Å². The van der Waals surface area contributed by atoms with E-state index in [2.05, 4.69) is 0 Å². The number of unbranched alkanes of at least 4 members (excludes halogenated alkanes) is 2. The Kier molecular flexibility index (Phi) is 7.39. The standard InChI is InChI=1S/C13H28N2O2/c1-13(2,3)11(14)10-12(17)15(4)8-6-5-7-9-16/h11,16H,5-10,14H2,1-4H3. The van der Waals surface area contributed by atoms with Crippen molar-refractivity contribution in [2.75, 3.05) is 20.2 Å². The van der Waals surface area contributed by atoms with Gasteiger partial charge >= 0.3 is 0 Å². The molecule has 1 unspecified atom stereocenters. The SMILES string of the molecule is CN(CCCCCO)C(=O)CC(N)C(C)(C)C. The van der Waals surface area contributed by atoms with E-state index in [1.54, 1.807) is 4.90 Å². The van der Waals surface area contributed by atoms with Gasteiger partial charge in [-0.25, -0.2) is 0 Å². The lowest BCUT2D eigenvalue weighted by molar-refractivity contribution is -0.130. The highest BCUT2D eigenvalue weighted by atomic mass is 16.2. The summed E-state index contributed by atoms with van der Waals surface area (Å²) in [4.78, 5) is 13.6. The second kappa shape index (κ2) is 7.67. The Hall–Kier alpha value is -0.610. The van der Waals surface area contributed by atoms with Crippen molar-refractivity contribution >= 4 is 5.91 Å². The minimum Gasteiger partial charge on any atom is -0.396 e. The Morgan fingerprint density at radius 3 is 2.35 bits per heavy atom. The molecule has 0 aromatic heterocycles. The van der Waals surface area contributed by atoms with Gasteiger partial charge in [0.2, 0.25) is 5.91 Å². The van der Waals surface area contributed by atoms with Crippen LogP contribution >= 0.6 is 0 Å². The van der Waals surface area contributed by atoms with Crippen LogP contribution in [0.5, 0.6) is 0 Å². The molecule has 0 spiro atoms. The van der Waals surface area contributed by atoms with Gasteiger partial charge < -0.3 is 15.7 Å². The van der Waals surface area contributed by atoms with Gasteiger partial charge in [0.05, 0.1) is 0 Å². The van der Waals surface area contributed by atoms with Gasteiger partial charge in [-0.15, -0.1) is 0 Å². The molecular formula is C13H28N2O2. The first kappa shape index (κ1) is 16.4. The minimum absolute atomic E-state index is 0.0343. The van der Waals surface area contributed by atoms with Crippen molar-refractivity contribution in [3.05, 3.63) is 0 Å². The van der Waals surface area contributed by atoms with Crippen molar-refractivity contribution in [1.82, 2.24) is 4.90 Å². The average Bonchev–Trinajstić information content (AvgIpc) is 2.22. The number of nitrogens with zero attached hydrogens (tertiary/aromatic N) is 1. The van der Waals surface area contributed by atoms with Crippen LogP contribution in [0.2, 0.25) is 0 Å². The first-order valence-electron chi connectivity index (χ1n) is 6.39. The fraction of sp³-hybridized carbons (Fsp3) is 0.923. The number of aliphatic hydroxyl groups excluding tert-OH is 1. The van der Waals surface area contributed by atoms with E-state index in [0.29, 0.717) is 6.42 Å². The molecule has 0 heterocycles. The Morgan fingerprint density at radius 1 is 1.29 bits per heavy atom. The Morgan fingerprint density at radius 2 is 1.88 bits per heavy atom. The molecule has 0 aliphatic rings. The smallest absolute Gasteiger partial charge is 0.223 e. The third kappa shape index (κ3) is 7.34. The molecule has 0 rings (SSSR count). The fourth-order valence-corrected chi connectivity index (χ4v) is 1.41. The van der Waals surface area contributed by atoms with Gasteiger partial charge in [0.15, 0.2) is 0 Å². The zero-order valence-corrected chi connectivity index (χ0v) is 11.7. The summed E-state index contributed by atoms with van der Waals surface area (Å²) in [5.41, 5.74) is 5.95. The highest BCUT2D eigenvalue weighted by molar-refractivity contribution is 5.76. The molecule has 17 heavy (non-hydrogen) atoms. The Bertz CT molecular complexity index is 224. The van der Waals surface area contributed by atoms with Gasteiger partial charge in [0.1, 0.15) is 0 Å². The molecule has 0 saturated carbocycles. The number of carbonyl (C=O) groups is 1. The minimum atomic E-state index is -0.102. The molecule has 3 N–H and O–H groups in total. The van der Waals surface area contributed by atoms with E-state index < -0.39 is 0 Å². The highest BCUT2D eigenvalue weighted by Gasteiger charge is 2.24. The van der Waals surface area contributed by atoms with Gasteiger partial charge in [-0.3, -0.25) is 4.79 Å². The van der Waals surface area contributed by atoms with E-state index in [9.17, 15) is 4.79 Å². The van der Waals surface area contributed by atoms with Gasteiger partial charge in [-0.05, 0) is 24.7 Å². The molecule has 1 amide bonds. The van der Waals surface area contributed by atoms with Crippen LogP contribution in [0.4, 0.5) is 0 Å². The molecule has 0 aliphatic heterocycles. The molecule has 0 aliphatic carbocycles. The quantitative estimate of drug-likeness (QED) is 0.665. The van der Waals surface area contributed by atoms with Crippen molar-refractivity contribution in [2.45, 2.75) is 52.5 Å². The van der Waals surface area contributed by atoms with Crippen LogP contribution in [0.1, 0.15) is 46.5 Å². The van der Waals surface area contributed by atoms with Gasteiger partial charge in [0, 0.05) is 32.7 Å². The number of hydrogen-bond donors (Lipinski definition) is 2. The molecule has 0 aromatic rings. The van der Waals surface area contributed by atoms with Crippen LogP contribution in [-0.2, 0) is 4.79 Å². The number of carbonyl (C=O) groups excluding carboxylic acids is 1. The van der Waals surface area contributed by atoms with Crippen LogP contribution in [-0.4, -0.2) is 42.2 Å². The Labute approximate surface area is 105 Å². The summed E-state index contributed by atoms with van der Waals surface area (Å²) in [5, 5.41) is 8.65. The molecule has 0 radical (unpaired) electrons. The zero-order chi connectivity index (χ0) is 13.5. The third-order valence-corrected chi connectivity index (χ3v) is 3.08. The zero-order valence-electron chi connectivity index (χ0n) is 11.7. The van der Waals surface area contributed by atoms with Gasteiger partial charge in [0.25, 0.3) is 0 Å². The van der Waals surface area contributed by atoms with Crippen LogP contribution in [0.15, 0.2) is 0 Å². The van der Waals surface area contributed by atoms with E-state index in [1.807, 2.05) is 27.8 Å². The summed E-state index contributed by atoms with van der Waals surface area (Å²) in [5.74, 6) is 0.108. The third-order valence-electron chi connectivity index (χ3n) is 3.08. The molecular weight excluding hydrogens is 216 g/mol. The fourth-order valence-electron chi connectivity index (χ4n) is 1.41. The molecule has 1 atom stereocenters. The van der Waals surface area contributed by atoms with Crippen LogP contribution < -0.4 is 5.73 Å². The number of aliphatic hydroxyl groups is 1. The summed E-state index contributed by atoms with van der Waals surface area (Å²) < 4.78 is 0. The maximum atomic E-state index is 11.9. The second-order valence-electron chi connectivity index (χ2n) is 5.78. The number of amides is 1. The lowest BCUT2D eigenvalue weighted by atomic mass is 9.85. The van der Waals surface area contributed by atoms with E-state index in [4.69, 9.17) is 10.8 Å². The molecule has 0 bridgehead atoms. The molecule has 4 heteroatoms. The van der Waals surface area contributed by atoms with Crippen molar-refractivity contribution < 1.29 is 9.90 Å². The summed E-state index contributed by atoms with van der Waals surface area (Å²) in [7, 11) is 1.82. The topological polar surface area (TPSA) is 66.6 Å². The summed E-state index contributed by atoms with van der Waals surface area (Å²) in [6, 6.07) is -0.102. The summed E-state index contributed by atoms with van der Waals surface area (Å²) in [6.45, 7) is 7.12. The number of nitrogens with two attached hydrogens (primary N) is 1. The molecule has 4 nitrogen and oxygen atoms in total. The number of rotatable bonds is 7. The van der Waals surface area contributed by atoms with Gasteiger partial charge in [-0.2, -0.15) is 0 Å². The predicted octanol–water partition coefficient (Wildman–Crippen LogP) is 1.37. The maximum Gasteiger partial charge on any atom is 0.223 e. The van der Waals surface area contributed by atoms with E-state index in [0.717, 1.165) is 25.8 Å². The van der Waals surface area contributed by atoms with Crippen molar-refractivity contribution in [3.8, 4) is 0 Å². The first-order valence-corrected chi connectivity index (χ1v) is 6.39. The van der Waals surface area contributed by atoms with E-state index in [1.165, 1.54) is 0 Å². The van der Waals surface area contributed by atoms with Gasteiger partial charge in [-0.1, -0.05) is 20.8 Å². The molecule has 0 aromatic carbocycles. The lowest BCUT2D eigenvalue weighted by Crippen LogP contribution is -2.40. The van der Waals surface area contributed by atoms with E-state index >= 15 is 0 Å². The van der Waals surface area contributed by atoms with Crippen LogP contribution in [0.25, 0.3) is 0 Å². The molecule has 0 fully saturated rings. The number of hydrogen-bond acceptors (Lipinski definition) is 3. The lowest BCUT2D eigenvalue weighted by Gasteiger charge is -2.28. The monoisotopic (exact) mass is 244 g/mol. The second-order valence-corrected chi connectivity index (χ2v) is 5.78. The van der Waals surface area contributed by atoms with Crippen molar-refractivity contribution in [3.63, 3.8) is 0 Å². The van der Waals surface area contributed by atoms with Crippen molar-refractivity contribution in [2.24, 2.45) is 11.1 Å². The van der Waals surface area contributed by atoms with Crippen LogP contribution in [0.3, 0.4) is 0 Å². The molecule has 0 saturated heterocycles. The summed E-state index contributed by atoms with van der Waals surface area (Å²) in [6.07, 6.45) is 3.11. The predicted molar refractivity (Wildman–Crippen MR) is 70.6 cm³/mol. The Balaban J connectivity index is 3.89. The highest BCUT2D eigenvalue weighted by Crippen LogP contribution is 2.20. The largest absolute Gasteiger partial charge is 0.396 e. The maximum absolute atomic E-state index is 11.9. The summed E-state index contributed by atoms with van der Waals surface area (Å²) >= 11 is 0. The normalized spacial score (nSPS) is 13.5. The first-order chi connectivity index (χ1) is 7.79.